The van der Waals surface area contributed by atoms with Crippen LogP contribution in [-0.4, -0.2) is 63.8 Å². The van der Waals surface area contributed by atoms with Gasteiger partial charge in [0.15, 0.2) is 0 Å². The topological polar surface area (TPSA) is 101 Å². The van der Waals surface area contributed by atoms with Crippen molar-refractivity contribution < 1.29 is 5.11 Å². The normalized spacial score (nSPS) is 12.2. The van der Waals surface area contributed by atoms with E-state index in [4.69, 9.17) is 0 Å². The zero-order valence-electron chi connectivity index (χ0n) is 24.8. The first-order chi connectivity index (χ1) is 21.3. The molecule has 8 nitrogen and oxygen atoms in total. The van der Waals surface area contributed by atoms with Gasteiger partial charge in [0.2, 0.25) is 0 Å². The van der Waals surface area contributed by atoms with Crippen LogP contribution in [0.5, 0.6) is 0 Å². The largest absolute Gasteiger partial charge is 0.395 e. The van der Waals surface area contributed by atoms with Crippen molar-refractivity contribution in [1.29, 1.82) is 0 Å². The van der Waals surface area contributed by atoms with Gasteiger partial charge >= 0.3 is 0 Å². The molecule has 0 radical (unpaired) electrons. The zero-order valence-corrected chi connectivity index (χ0v) is 24.8. The van der Waals surface area contributed by atoms with Crippen molar-refractivity contribution in [3.05, 3.63) is 132 Å². The molecule has 1 atom stereocenters. The van der Waals surface area contributed by atoms with E-state index in [9.17, 15) is 5.11 Å². The van der Waals surface area contributed by atoms with Gasteiger partial charge in [0.05, 0.1) is 18.0 Å². The van der Waals surface area contributed by atoms with Gasteiger partial charge in [0.1, 0.15) is 0 Å². The van der Waals surface area contributed by atoms with Crippen LogP contribution in [0, 0.1) is 0 Å². The SMILES string of the molecule is OC[C@H](Cc1c[nH]c2ccccc12)NCc1ccc(CN(CCNCc2ccccn2)CCNCc2ccccn2)cc1. The van der Waals surface area contributed by atoms with Crippen molar-refractivity contribution in [2.24, 2.45) is 0 Å². The number of rotatable bonds is 18. The maximum Gasteiger partial charge on any atom is 0.0588 e. The number of nitrogens with one attached hydrogen (secondary N) is 4. The number of aliphatic hydroxyl groups excluding tert-OH is 1. The molecule has 2 aromatic carbocycles. The van der Waals surface area contributed by atoms with E-state index in [2.05, 4.69) is 84.5 Å². The second-order valence-corrected chi connectivity index (χ2v) is 10.9. The summed E-state index contributed by atoms with van der Waals surface area (Å²) in [5.41, 5.74) is 6.96. The lowest BCUT2D eigenvalue weighted by molar-refractivity contribution is 0.241. The number of hydrogen-bond acceptors (Lipinski definition) is 7. The highest BCUT2D eigenvalue weighted by Crippen LogP contribution is 2.19. The van der Waals surface area contributed by atoms with Gasteiger partial charge in [-0.25, -0.2) is 0 Å². The molecule has 3 heterocycles. The third kappa shape index (κ3) is 9.81. The summed E-state index contributed by atoms with van der Waals surface area (Å²) in [5.74, 6) is 0. The number of benzene rings is 2. The first-order valence-electron chi connectivity index (χ1n) is 15.2. The van der Waals surface area contributed by atoms with Gasteiger partial charge in [-0.1, -0.05) is 54.6 Å². The lowest BCUT2D eigenvalue weighted by Crippen LogP contribution is -2.36. The minimum absolute atomic E-state index is 0.00783. The molecule has 0 bridgehead atoms. The minimum Gasteiger partial charge on any atom is -0.395 e. The Kier molecular flexibility index (Phi) is 11.8. The van der Waals surface area contributed by atoms with E-state index in [0.29, 0.717) is 6.54 Å². The van der Waals surface area contributed by atoms with Crippen LogP contribution < -0.4 is 16.0 Å². The fourth-order valence-corrected chi connectivity index (χ4v) is 5.23. The molecule has 0 saturated heterocycles. The monoisotopic (exact) mass is 577 g/mol. The van der Waals surface area contributed by atoms with Gasteiger partial charge < -0.3 is 26.0 Å². The molecule has 0 aliphatic heterocycles. The maximum absolute atomic E-state index is 10.0. The van der Waals surface area contributed by atoms with Crippen LogP contribution in [0.2, 0.25) is 0 Å². The second kappa shape index (κ2) is 16.6. The number of aliphatic hydroxyl groups is 1. The van der Waals surface area contributed by atoms with Crippen LogP contribution >= 0.6 is 0 Å². The van der Waals surface area contributed by atoms with Gasteiger partial charge in [-0.3, -0.25) is 14.9 Å². The molecule has 0 aliphatic carbocycles. The molecule has 43 heavy (non-hydrogen) atoms. The molecule has 0 spiro atoms. The van der Waals surface area contributed by atoms with Crippen LogP contribution in [0.4, 0.5) is 0 Å². The van der Waals surface area contributed by atoms with Crippen molar-refractivity contribution >= 4 is 10.9 Å². The molecule has 5 N–H and O–H groups in total. The summed E-state index contributed by atoms with van der Waals surface area (Å²) < 4.78 is 0. The molecular formula is C35H43N7O. The molecule has 5 aromatic rings. The zero-order chi connectivity index (χ0) is 29.5. The molecule has 0 amide bonds. The highest BCUT2D eigenvalue weighted by molar-refractivity contribution is 5.83. The van der Waals surface area contributed by atoms with Gasteiger partial charge in [0, 0.05) is 87.9 Å². The van der Waals surface area contributed by atoms with Crippen molar-refractivity contribution in [3.8, 4) is 0 Å². The summed E-state index contributed by atoms with van der Waals surface area (Å²) in [6, 6.07) is 29.2. The van der Waals surface area contributed by atoms with Crippen LogP contribution in [-0.2, 0) is 32.6 Å². The van der Waals surface area contributed by atoms with E-state index in [-0.39, 0.29) is 12.6 Å². The summed E-state index contributed by atoms with van der Waals surface area (Å²) in [6.45, 7) is 6.87. The van der Waals surface area contributed by atoms with E-state index in [0.717, 1.165) is 69.1 Å². The standard InChI is InChI=1S/C35H43N7O/c43-27-33(21-30-23-41-35-10-2-1-9-34(30)35)40-22-28-11-13-29(14-12-28)26-42(19-17-36-24-31-7-3-5-15-38-31)20-18-37-25-32-8-4-6-16-39-32/h1-16,23,33,36-37,40-41,43H,17-22,24-27H2/t33-/m0/s1. The third-order valence-electron chi connectivity index (χ3n) is 7.66. The van der Waals surface area contributed by atoms with Gasteiger partial charge in [-0.2, -0.15) is 0 Å². The second-order valence-electron chi connectivity index (χ2n) is 10.9. The molecule has 8 heteroatoms. The molecular weight excluding hydrogens is 534 g/mol. The Morgan fingerprint density at radius 1 is 0.721 bits per heavy atom. The Bertz CT molecular complexity index is 1430. The fraction of sp³-hybridized carbons (Fsp3) is 0.314. The van der Waals surface area contributed by atoms with Crippen molar-refractivity contribution in [3.63, 3.8) is 0 Å². The molecule has 0 saturated carbocycles. The van der Waals surface area contributed by atoms with E-state index in [1.165, 1.54) is 22.1 Å². The Hall–Kier alpha value is -3.92. The number of aromatic amines is 1. The molecule has 0 aliphatic rings. The number of hydrogen-bond donors (Lipinski definition) is 5. The summed E-state index contributed by atoms with van der Waals surface area (Å²) in [4.78, 5) is 14.6. The smallest absolute Gasteiger partial charge is 0.0588 e. The minimum atomic E-state index is -0.00783. The van der Waals surface area contributed by atoms with Gasteiger partial charge in [0.25, 0.3) is 0 Å². The first-order valence-corrected chi connectivity index (χ1v) is 15.2. The molecule has 0 unspecified atom stereocenters. The molecule has 224 valence electrons. The van der Waals surface area contributed by atoms with Crippen molar-refractivity contribution in [1.82, 2.24) is 35.8 Å². The highest BCUT2D eigenvalue weighted by Gasteiger charge is 2.12. The maximum atomic E-state index is 10.0. The van der Waals surface area contributed by atoms with Gasteiger partial charge in [-0.05, 0) is 53.4 Å². The predicted molar refractivity (Wildman–Crippen MR) is 173 cm³/mol. The Morgan fingerprint density at radius 2 is 1.35 bits per heavy atom. The summed E-state index contributed by atoms with van der Waals surface area (Å²) in [6.07, 6.45) is 6.50. The number of para-hydroxylation sites is 1. The first kappa shape index (κ1) is 30.5. The Labute approximate surface area is 254 Å². The van der Waals surface area contributed by atoms with Gasteiger partial charge in [-0.15, -0.1) is 0 Å². The Morgan fingerprint density at radius 3 is 1.98 bits per heavy atom. The van der Waals surface area contributed by atoms with E-state index in [1.807, 2.05) is 54.9 Å². The summed E-state index contributed by atoms with van der Waals surface area (Å²) >= 11 is 0. The van der Waals surface area contributed by atoms with E-state index < -0.39 is 0 Å². The quantitative estimate of drug-likeness (QED) is 0.100. The lowest BCUT2D eigenvalue weighted by atomic mass is 10.0. The number of nitrogens with zero attached hydrogens (tertiary/aromatic N) is 3. The number of H-pyrrole nitrogens is 1. The molecule has 3 aromatic heterocycles. The van der Waals surface area contributed by atoms with Crippen LogP contribution in [0.15, 0.2) is 104 Å². The summed E-state index contributed by atoms with van der Waals surface area (Å²) in [5, 5.41) is 21.9. The average Bonchev–Trinajstić information content (AvgIpc) is 3.47. The van der Waals surface area contributed by atoms with Crippen molar-refractivity contribution in [2.75, 3.05) is 32.8 Å². The predicted octanol–water partition coefficient (Wildman–Crippen LogP) is 4.03. The number of aromatic nitrogens is 3. The number of fused-ring (bicyclic) bond motifs is 1. The third-order valence-corrected chi connectivity index (χ3v) is 7.66. The van der Waals surface area contributed by atoms with Crippen molar-refractivity contribution in [2.45, 2.75) is 38.6 Å². The molecule has 0 fully saturated rings. The van der Waals surface area contributed by atoms with E-state index in [1.54, 1.807) is 0 Å². The summed E-state index contributed by atoms with van der Waals surface area (Å²) in [7, 11) is 0. The average molecular weight is 578 g/mol. The molecule has 5 rings (SSSR count). The van der Waals surface area contributed by atoms with Crippen LogP contribution in [0.1, 0.15) is 28.1 Å². The van der Waals surface area contributed by atoms with E-state index >= 15 is 0 Å². The Balaban J connectivity index is 1.10. The highest BCUT2D eigenvalue weighted by atomic mass is 16.3. The van der Waals surface area contributed by atoms with Crippen LogP contribution in [0.25, 0.3) is 10.9 Å². The fourth-order valence-electron chi connectivity index (χ4n) is 5.23. The number of pyridine rings is 2. The lowest BCUT2D eigenvalue weighted by Gasteiger charge is -2.23. The van der Waals surface area contributed by atoms with Crippen LogP contribution in [0.3, 0.4) is 0 Å².